The molecule has 0 aliphatic rings. The van der Waals surface area contributed by atoms with E-state index < -0.39 is 5.97 Å². The van der Waals surface area contributed by atoms with Crippen LogP contribution in [0.5, 0.6) is 0 Å². The molecule has 14 heavy (non-hydrogen) atoms. The van der Waals surface area contributed by atoms with E-state index in [0.717, 1.165) is 11.3 Å². The van der Waals surface area contributed by atoms with Gasteiger partial charge in [-0.2, -0.15) is 0 Å². The molecule has 5 heteroatoms. The number of hydrogen-bond acceptors (Lipinski definition) is 3. The molecule has 2 aromatic heterocycles. The molecule has 0 unspecified atom stereocenters. The number of carbonyl (C=O) groups excluding carboxylic acids is 1. The molecule has 0 spiro atoms. The third-order valence-corrected chi connectivity index (χ3v) is 1.95. The molecule has 0 aromatic carbocycles. The van der Waals surface area contributed by atoms with Crippen LogP contribution < -0.4 is 34.7 Å². The van der Waals surface area contributed by atoms with Gasteiger partial charge in [0.15, 0.2) is 0 Å². The van der Waals surface area contributed by atoms with E-state index >= 15 is 0 Å². The Morgan fingerprint density at radius 3 is 2.93 bits per heavy atom. The van der Waals surface area contributed by atoms with E-state index in [9.17, 15) is 9.90 Å². The molecule has 0 amide bonds. The van der Waals surface area contributed by atoms with Crippen LogP contribution in [0.15, 0.2) is 24.5 Å². The van der Waals surface area contributed by atoms with Crippen molar-refractivity contribution in [2.45, 2.75) is 6.92 Å². The van der Waals surface area contributed by atoms with E-state index in [0.29, 0.717) is 0 Å². The number of imidazole rings is 1. The summed E-state index contributed by atoms with van der Waals surface area (Å²) < 4.78 is 1.81. The number of rotatable bonds is 1. The van der Waals surface area contributed by atoms with Gasteiger partial charge in [-0.3, -0.25) is 0 Å². The largest absolute Gasteiger partial charge is 1.00 e. The van der Waals surface area contributed by atoms with Gasteiger partial charge in [0.1, 0.15) is 5.82 Å². The normalized spacial score (nSPS) is 9.79. The number of fused-ring (bicyclic) bond motifs is 1. The minimum absolute atomic E-state index is 0. The van der Waals surface area contributed by atoms with E-state index in [4.69, 9.17) is 0 Å². The van der Waals surface area contributed by atoms with E-state index in [1.807, 2.05) is 11.3 Å². The van der Waals surface area contributed by atoms with Gasteiger partial charge in [-0.15, -0.1) is 0 Å². The van der Waals surface area contributed by atoms with Gasteiger partial charge in [-0.25, -0.2) is 4.98 Å². The molecular formula is C9H7N2NaO2. The Morgan fingerprint density at radius 1 is 1.57 bits per heavy atom. The van der Waals surface area contributed by atoms with Gasteiger partial charge < -0.3 is 14.3 Å². The number of carboxylic acids is 1. The molecule has 0 N–H and O–H groups in total. The maximum Gasteiger partial charge on any atom is 1.00 e. The van der Waals surface area contributed by atoms with Crippen molar-refractivity contribution < 1.29 is 39.5 Å². The maximum atomic E-state index is 10.5. The number of carbonyl (C=O) groups is 1. The molecule has 0 aliphatic heterocycles. The van der Waals surface area contributed by atoms with E-state index in [1.165, 1.54) is 12.1 Å². The Balaban J connectivity index is 0.000000980. The molecule has 2 aromatic rings. The molecule has 0 fully saturated rings. The summed E-state index contributed by atoms with van der Waals surface area (Å²) in [5.41, 5.74) is 0.937. The van der Waals surface area contributed by atoms with E-state index in [1.54, 1.807) is 12.4 Å². The van der Waals surface area contributed by atoms with Crippen molar-refractivity contribution in [3.63, 3.8) is 0 Å². The van der Waals surface area contributed by atoms with Gasteiger partial charge in [0.05, 0.1) is 17.7 Å². The van der Waals surface area contributed by atoms with Gasteiger partial charge in [0, 0.05) is 11.8 Å². The number of hydrogen-bond donors (Lipinski definition) is 0. The van der Waals surface area contributed by atoms with Crippen LogP contribution in [0.1, 0.15) is 16.2 Å². The van der Waals surface area contributed by atoms with Gasteiger partial charge in [0.25, 0.3) is 0 Å². The van der Waals surface area contributed by atoms with Crippen molar-refractivity contribution in [3.8, 4) is 0 Å². The number of pyridine rings is 1. The average molecular weight is 198 g/mol. The van der Waals surface area contributed by atoms with Crippen LogP contribution in [0.3, 0.4) is 0 Å². The average Bonchev–Trinajstić information content (AvgIpc) is 2.47. The first kappa shape index (κ1) is 11.2. The van der Waals surface area contributed by atoms with Crippen molar-refractivity contribution in [1.29, 1.82) is 0 Å². The molecule has 0 radical (unpaired) electrons. The quantitative estimate of drug-likeness (QED) is 0.459. The fourth-order valence-electron chi connectivity index (χ4n) is 1.26. The third-order valence-electron chi connectivity index (χ3n) is 1.95. The SMILES string of the molecule is Cc1ncc2cc(C(=O)[O-])ccn12.[Na+]. The van der Waals surface area contributed by atoms with Gasteiger partial charge in [-0.05, 0) is 19.1 Å². The van der Waals surface area contributed by atoms with Crippen LogP contribution in [-0.4, -0.2) is 15.4 Å². The van der Waals surface area contributed by atoms with Crippen LogP contribution in [-0.2, 0) is 0 Å². The maximum absolute atomic E-state index is 10.5. The topological polar surface area (TPSA) is 57.4 Å². The number of carboxylic acid groups (broad SMARTS) is 1. The molecule has 0 aliphatic carbocycles. The Hall–Kier alpha value is -0.840. The minimum atomic E-state index is -1.17. The Labute approximate surface area is 103 Å². The van der Waals surface area contributed by atoms with Crippen molar-refractivity contribution >= 4 is 11.5 Å². The Morgan fingerprint density at radius 2 is 2.29 bits per heavy atom. The summed E-state index contributed by atoms with van der Waals surface area (Å²) in [7, 11) is 0. The summed E-state index contributed by atoms with van der Waals surface area (Å²) in [5.74, 6) is -0.332. The third kappa shape index (κ3) is 1.82. The zero-order valence-electron chi connectivity index (χ0n) is 8.02. The van der Waals surface area contributed by atoms with Crippen LogP contribution in [0.4, 0.5) is 0 Å². The van der Waals surface area contributed by atoms with Gasteiger partial charge >= 0.3 is 29.6 Å². The second-order valence-electron chi connectivity index (χ2n) is 2.80. The fraction of sp³-hybridized carbons (Fsp3) is 0.111. The van der Waals surface area contributed by atoms with Crippen molar-refractivity contribution in [3.05, 3.63) is 35.9 Å². The smallest absolute Gasteiger partial charge is 0.545 e. The first-order valence-corrected chi connectivity index (χ1v) is 3.83. The summed E-state index contributed by atoms with van der Waals surface area (Å²) in [6, 6.07) is 3.03. The van der Waals surface area contributed by atoms with Crippen LogP contribution >= 0.6 is 0 Å². The summed E-state index contributed by atoms with van der Waals surface area (Å²) >= 11 is 0. The van der Waals surface area contributed by atoms with Crippen LogP contribution in [0.2, 0.25) is 0 Å². The molecule has 4 nitrogen and oxygen atoms in total. The zero-order valence-corrected chi connectivity index (χ0v) is 10.0. The van der Waals surface area contributed by atoms with Crippen molar-refractivity contribution in [2.24, 2.45) is 0 Å². The molecule has 66 valence electrons. The number of aromatic nitrogens is 2. The summed E-state index contributed by atoms with van der Waals surface area (Å²) in [4.78, 5) is 14.6. The minimum Gasteiger partial charge on any atom is -0.545 e. The van der Waals surface area contributed by atoms with Crippen LogP contribution in [0.25, 0.3) is 5.52 Å². The molecule has 0 saturated carbocycles. The predicted octanol–water partition coefficient (Wildman–Crippen LogP) is -2.99. The number of nitrogens with zero attached hydrogens (tertiary/aromatic N) is 2. The predicted molar refractivity (Wildman–Crippen MR) is 44.3 cm³/mol. The summed E-state index contributed by atoms with van der Waals surface area (Å²) in [6.45, 7) is 1.85. The van der Waals surface area contributed by atoms with Crippen LogP contribution in [0, 0.1) is 6.92 Å². The second-order valence-corrected chi connectivity index (χ2v) is 2.80. The fourth-order valence-corrected chi connectivity index (χ4v) is 1.26. The Bertz CT molecular complexity index is 479. The van der Waals surface area contributed by atoms with E-state index in [-0.39, 0.29) is 35.1 Å². The molecule has 0 saturated heterocycles. The van der Waals surface area contributed by atoms with Crippen molar-refractivity contribution in [2.75, 3.05) is 0 Å². The summed E-state index contributed by atoms with van der Waals surface area (Å²) in [5, 5.41) is 10.5. The molecule has 0 bridgehead atoms. The number of aryl methyl sites for hydroxylation is 1. The first-order valence-electron chi connectivity index (χ1n) is 3.83. The molecule has 2 heterocycles. The first-order chi connectivity index (χ1) is 6.18. The van der Waals surface area contributed by atoms with Crippen molar-refractivity contribution in [1.82, 2.24) is 9.38 Å². The molecular weight excluding hydrogens is 191 g/mol. The van der Waals surface area contributed by atoms with E-state index in [2.05, 4.69) is 4.98 Å². The Kier molecular flexibility index (Phi) is 3.31. The van der Waals surface area contributed by atoms with Gasteiger partial charge in [-0.1, -0.05) is 0 Å². The summed E-state index contributed by atoms with van der Waals surface area (Å²) in [6.07, 6.45) is 3.30. The second kappa shape index (κ2) is 4.13. The van der Waals surface area contributed by atoms with Gasteiger partial charge in [0.2, 0.25) is 0 Å². The standard InChI is InChI=1S/C9H8N2O2.Na/c1-6-10-5-8-4-7(9(12)13)2-3-11(6)8;/h2-5H,1H3,(H,12,13);/q;+1/p-1. The number of aromatic carboxylic acids is 1. The molecule has 0 atom stereocenters. The zero-order chi connectivity index (χ0) is 9.42. The molecule has 2 rings (SSSR count). The monoisotopic (exact) mass is 198 g/mol.